The Kier molecular flexibility index (Phi) is 4.25. The van der Waals surface area contributed by atoms with Crippen molar-refractivity contribution in [2.45, 2.75) is 0 Å². The van der Waals surface area contributed by atoms with Gasteiger partial charge in [-0.15, -0.1) is 12.4 Å². The molecule has 0 unspecified atom stereocenters. The van der Waals surface area contributed by atoms with Crippen LogP contribution in [0, 0.1) is 0 Å². The number of carbonyl (C=O) groups excluding carboxylic acids is 1. The number of primary amides is 1. The molecule has 1 aliphatic rings. The summed E-state index contributed by atoms with van der Waals surface area (Å²) in [4.78, 5) is 13.0. The third-order valence-corrected chi connectivity index (χ3v) is 2.64. The third-order valence-electron chi connectivity index (χ3n) is 2.12. The molecule has 1 fully saturated rings. The van der Waals surface area contributed by atoms with Crippen LogP contribution in [0.25, 0.3) is 0 Å². The van der Waals surface area contributed by atoms with Gasteiger partial charge in [0.2, 0.25) is 0 Å². The molecule has 1 saturated heterocycles. The molecule has 6 nitrogen and oxygen atoms in total. The van der Waals surface area contributed by atoms with Crippen molar-refractivity contribution >= 4 is 35.9 Å². The number of halogens is 1. The molecular weight excluding hydrogens is 238 g/mol. The fourth-order valence-electron chi connectivity index (χ4n) is 1.42. The molecule has 2 heterocycles. The van der Waals surface area contributed by atoms with E-state index < -0.39 is 5.91 Å². The molecule has 8 heteroatoms. The van der Waals surface area contributed by atoms with Gasteiger partial charge in [0.05, 0.1) is 11.7 Å². The zero-order valence-electron chi connectivity index (χ0n) is 7.97. The molecule has 1 aromatic heterocycles. The second-order valence-corrected chi connectivity index (χ2v) is 3.57. The van der Waals surface area contributed by atoms with Crippen LogP contribution < -0.4 is 16.0 Å². The summed E-state index contributed by atoms with van der Waals surface area (Å²) in [6.07, 6.45) is 0. The predicted molar refractivity (Wildman–Crippen MR) is 60.8 cm³/mol. The van der Waals surface area contributed by atoms with E-state index in [9.17, 15) is 4.79 Å². The molecule has 0 spiro atoms. The molecular formula is C7H12ClN5OS. The second kappa shape index (κ2) is 5.24. The maximum absolute atomic E-state index is 11.0. The van der Waals surface area contributed by atoms with Crippen LogP contribution in [0.15, 0.2) is 0 Å². The molecule has 0 atom stereocenters. The SMILES string of the molecule is Cl.NC(=O)c1nsnc1N1CCNCC1. The van der Waals surface area contributed by atoms with Gasteiger partial charge >= 0.3 is 0 Å². The highest BCUT2D eigenvalue weighted by Gasteiger charge is 2.20. The van der Waals surface area contributed by atoms with Crippen molar-refractivity contribution in [3.05, 3.63) is 5.69 Å². The van der Waals surface area contributed by atoms with Crippen molar-refractivity contribution in [2.24, 2.45) is 5.73 Å². The van der Waals surface area contributed by atoms with E-state index in [0.29, 0.717) is 5.82 Å². The van der Waals surface area contributed by atoms with Crippen LogP contribution in [-0.4, -0.2) is 40.8 Å². The Balaban J connectivity index is 0.00000112. The lowest BCUT2D eigenvalue weighted by molar-refractivity contribution is 0.0997. The van der Waals surface area contributed by atoms with Crippen LogP contribution in [0.1, 0.15) is 10.5 Å². The first-order valence-corrected chi connectivity index (χ1v) is 5.10. The van der Waals surface area contributed by atoms with Crippen molar-refractivity contribution < 1.29 is 4.79 Å². The lowest BCUT2D eigenvalue weighted by Gasteiger charge is -2.27. The van der Waals surface area contributed by atoms with Gasteiger partial charge in [-0.1, -0.05) is 0 Å². The first kappa shape index (κ1) is 12.2. The van der Waals surface area contributed by atoms with Crippen molar-refractivity contribution in [1.29, 1.82) is 0 Å². The maximum atomic E-state index is 11.0. The number of aromatic nitrogens is 2. The van der Waals surface area contributed by atoms with E-state index in [0.717, 1.165) is 37.9 Å². The van der Waals surface area contributed by atoms with E-state index >= 15 is 0 Å². The second-order valence-electron chi connectivity index (χ2n) is 3.04. The Morgan fingerprint density at radius 2 is 2.07 bits per heavy atom. The molecule has 15 heavy (non-hydrogen) atoms. The molecule has 2 rings (SSSR count). The molecule has 0 saturated carbocycles. The van der Waals surface area contributed by atoms with Crippen molar-refractivity contribution in [3.63, 3.8) is 0 Å². The van der Waals surface area contributed by atoms with Crippen LogP contribution in [0.5, 0.6) is 0 Å². The van der Waals surface area contributed by atoms with Gasteiger partial charge in [-0.3, -0.25) is 4.79 Å². The van der Waals surface area contributed by atoms with E-state index in [4.69, 9.17) is 5.73 Å². The summed E-state index contributed by atoms with van der Waals surface area (Å²) < 4.78 is 7.97. The topological polar surface area (TPSA) is 84.1 Å². The Labute approximate surface area is 97.6 Å². The van der Waals surface area contributed by atoms with Crippen LogP contribution in [0.3, 0.4) is 0 Å². The van der Waals surface area contributed by atoms with E-state index in [1.54, 1.807) is 0 Å². The van der Waals surface area contributed by atoms with Gasteiger partial charge in [0.15, 0.2) is 11.5 Å². The standard InChI is InChI=1S/C7H11N5OS.ClH/c8-6(13)5-7(11-14-10-5)12-3-1-9-2-4-12;/h9H,1-4H2,(H2,8,13);1H. The molecule has 1 amide bonds. The predicted octanol–water partition coefficient (Wildman–Crippen LogP) is -0.532. The van der Waals surface area contributed by atoms with Gasteiger partial charge in [0.1, 0.15) is 0 Å². The lowest BCUT2D eigenvalue weighted by Crippen LogP contribution is -2.44. The van der Waals surface area contributed by atoms with Gasteiger partial charge in [0, 0.05) is 26.2 Å². The number of carbonyl (C=O) groups is 1. The quantitative estimate of drug-likeness (QED) is 0.736. The largest absolute Gasteiger partial charge is 0.364 e. The van der Waals surface area contributed by atoms with Crippen molar-refractivity contribution in [1.82, 2.24) is 14.1 Å². The first-order chi connectivity index (χ1) is 6.79. The van der Waals surface area contributed by atoms with E-state index in [2.05, 4.69) is 14.1 Å². The number of rotatable bonds is 2. The number of hydrogen-bond acceptors (Lipinski definition) is 6. The normalized spacial score (nSPS) is 15.9. The van der Waals surface area contributed by atoms with Gasteiger partial charge in [-0.2, -0.15) is 8.75 Å². The fraction of sp³-hybridized carbons (Fsp3) is 0.571. The Morgan fingerprint density at radius 3 is 2.67 bits per heavy atom. The molecule has 84 valence electrons. The van der Waals surface area contributed by atoms with Crippen LogP contribution in [0.2, 0.25) is 0 Å². The van der Waals surface area contributed by atoms with Gasteiger partial charge < -0.3 is 16.0 Å². The minimum Gasteiger partial charge on any atom is -0.364 e. The number of nitrogens with two attached hydrogens (primary N) is 1. The molecule has 0 bridgehead atoms. The molecule has 0 aromatic carbocycles. The number of nitrogens with one attached hydrogen (secondary N) is 1. The zero-order chi connectivity index (χ0) is 9.97. The lowest BCUT2D eigenvalue weighted by atomic mass is 10.3. The Hall–Kier alpha value is -0.920. The van der Waals surface area contributed by atoms with Gasteiger partial charge in [0.25, 0.3) is 5.91 Å². The molecule has 1 aliphatic heterocycles. The number of anilines is 1. The monoisotopic (exact) mass is 249 g/mol. The van der Waals surface area contributed by atoms with E-state index in [1.165, 1.54) is 0 Å². The molecule has 1 aromatic rings. The van der Waals surface area contributed by atoms with Crippen LogP contribution in [0.4, 0.5) is 5.82 Å². The summed E-state index contributed by atoms with van der Waals surface area (Å²) in [6, 6.07) is 0. The summed E-state index contributed by atoms with van der Waals surface area (Å²) >= 11 is 1.03. The maximum Gasteiger partial charge on any atom is 0.272 e. The van der Waals surface area contributed by atoms with Gasteiger partial charge in [-0.25, -0.2) is 0 Å². The summed E-state index contributed by atoms with van der Waals surface area (Å²) in [6.45, 7) is 3.48. The highest BCUT2D eigenvalue weighted by Crippen LogP contribution is 2.17. The van der Waals surface area contributed by atoms with Crippen molar-refractivity contribution in [2.75, 3.05) is 31.1 Å². The van der Waals surface area contributed by atoms with Crippen molar-refractivity contribution in [3.8, 4) is 0 Å². The third kappa shape index (κ3) is 2.55. The number of piperazine rings is 1. The van der Waals surface area contributed by atoms with E-state index in [-0.39, 0.29) is 18.1 Å². The van der Waals surface area contributed by atoms with Crippen LogP contribution in [-0.2, 0) is 0 Å². The summed E-state index contributed by atoms with van der Waals surface area (Å²) in [5, 5.41) is 3.22. The average molecular weight is 250 g/mol. The Morgan fingerprint density at radius 1 is 1.40 bits per heavy atom. The highest BCUT2D eigenvalue weighted by atomic mass is 35.5. The Bertz CT molecular complexity index is 338. The molecule has 3 N–H and O–H groups in total. The zero-order valence-corrected chi connectivity index (χ0v) is 9.61. The molecule has 0 aliphatic carbocycles. The average Bonchev–Trinajstić information content (AvgIpc) is 2.67. The summed E-state index contributed by atoms with van der Waals surface area (Å²) in [5.74, 6) is 0.122. The fourth-order valence-corrected chi connectivity index (χ4v) is 2.00. The first-order valence-electron chi connectivity index (χ1n) is 4.37. The smallest absolute Gasteiger partial charge is 0.272 e. The number of hydrogen-bond donors (Lipinski definition) is 2. The highest BCUT2D eigenvalue weighted by molar-refractivity contribution is 6.99. The number of nitrogens with zero attached hydrogens (tertiary/aromatic N) is 3. The minimum atomic E-state index is -0.507. The van der Waals surface area contributed by atoms with E-state index in [1.807, 2.05) is 4.90 Å². The van der Waals surface area contributed by atoms with Crippen LogP contribution >= 0.6 is 24.1 Å². The number of amides is 1. The molecule has 0 radical (unpaired) electrons. The van der Waals surface area contributed by atoms with Gasteiger partial charge in [-0.05, 0) is 0 Å². The minimum absolute atomic E-state index is 0. The summed E-state index contributed by atoms with van der Waals surface area (Å²) in [5.41, 5.74) is 5.48. The summed E-state index contributed by atoms with van der Waals surface area (Å²) in [7, 11) is 0.